The molecule has 1 aromatic heterocycles. The molecular weight excluding hydrogens is 332 g/mol. The molecule has 0 saturated carbocycles. The predicted octanol–water partition coefficient (Wildman–Crippen LogP) is 2.27. The molecule has 1 saturated heterocycles. The lowest BCUT2D eigenvalue weighted by molar-refractivity contribution is -0.131. The van der Waals surface area contributed by atoms with Gasteiger partial charge in [0, 0.05) is 25.4 Å². The van der Waals surface area contributed by atoms with Gasteiger partial charge in [-0.2, -0.15) is 5.10 Å². The van der Waals surface area contributed by atoms with Crippen molar-refractivity contribution < 1.29 is 23.5 Å². The van der Waals surface area contributed by atoms with Crippen molar-refractivity contribution in [1.29, 1.82) is 0 Å². The van der Waals surface area contributed by atoms with Gasteiger partial charge in [-0.1, -0.05) is 6.07 Å². The van der Waals surface area contributed by atoms with Gasteiger partial charge in [-0.25, -0.2) is 13.6 Å². The Morgan fingerprint density at radius 1 is 1.24 bits per heavy atom. The molecule has 1 aromatic carbocycles. The lowest BCUT2D eigenvalue weighted by Crippen LogP contribution is -2.40. The number of aromatic carboxylic acids is 1. The van der Waals surface area contributed by atoms with Gasteiger partial charge in [0.2, 0.25) is 5.91 Å². The summed E-state index contributed by atoms with van der Waals surface area (Å²) in [5, 5.41) is 13.0. The second-order valence-electron chi connectivity index (χ2n) is 6.04. The fourth-order valence-corrected chi connectivity index (χ4v) is 2.97. The maximum atomic E-state index is 13.7. The van der Waals surface area contributed by atoms with Crippen molar-refractivity contribution in [2.75, 3.05) is 13.1 Å². The van der Waals surface area contributed by atoms with Crippen LogP contribution in [0, 0.1) is 11.6 Å². The number of likely N-dealkylation sites (tertiary alicyclic amines) is 1. The SMILES string of the molecule is O=C(O)c1cnn(C2CCN(C(=O)Cc3ccc(F)cc3F)CC2)c1. The highest BCUT2D eigenvalue weighted by Gasteiger charge is 2.25. The summed E-state index contributed by atoms with van der Waals surface area (Å²) in [6.07, 6.45) is 3.95. The van der Waals surface area contributed by atoms with E-state index in [0.29, 0.717) is 25.9 Å². The van der Waals surface area contributed by atoms with Gasteiger partial charge in [0.1, 0.15) is 11.6 Å². The van der Waals surface area contributed by atoms with Crippen molar-refractivity contribution >= 4 is 11.9 Å². The Bertz CT molecular complexity index is 798. The number of carbonyl (C=O) groups excluding carboxylic acids is 1. The molecule has 6 nitrogen and oxygen atoms in total. The molecule has 3 rings (SSSR count). The van der Waals surface area contributed by atoms with Gasteiger partial charge < -0.3 is 10.0 Å². The number of rotatable bonds is 4. The smallest absolute Gasteiger partial charge is 0.338 e. The van der Waals surface area contributed by atoms with Gasteiger partial charge in [-0.3, -0.25) is 9.48 Å². The van der Waals surface area contributed by atoms with Crippen LogP contribution >= 0.6 is 0 Å². The number of carboxylic acid groups (broad SMARTS) is 1. The summed E-state index contributed by atoms with van der Waals surface area (Å²) in [4.78, 5) is 24.8. The third kappa shape index (κ3) is 3.84. The van der Waals surface area contributed by atoms with Crippen molar-refractivity contribution in [3.05, 3.63) is 53.4 Å². The number of carboxylic acids is 1. The number of carbonyl (C=O) groups is 2. The summed E-state index contributed by atoms with van der Waals surface area (Å²) < 4.78 is 28.2. The minimum absolute atomic E-state index is 0.0275. The maximum absolute atomic E-state index is 13.7. The largest absolute Gasteiger partial charge is 0.478 e. The van der Waals surface area contributed by atoms with Crippen LogP contribution in [0.3, 0.4) is 0 Å². The number of hydrogen-bond donors (Lipinski definition) is 1. The molecule has 132 valence electrons. The summed E-state index contributed by atoms with van der Waals surface area (Å²) in [6, 6.07) is 3.22. The number of benzene rings is 1. The van der Waals surface area contributed by atoms with E-state index in [4.69, 9.17) is 5.11 Å². The third-order valence-corrected chi connectivity index (χ3v) is 4.40. The molecule has 2 aromatic rings. The zero-order valence-electron chi connectivity index (χ0n) is 13.4. The Hall–Kier alpha value is -2.77. The monoisotopic (exact) mass is 349 g/mol. The Morgan fingerprint density at radius 2 is 1.96 bits per heavy atom. The Labute approximate surface area is 142 Å². The lowest BCUT2D eigenvalue weighted by Gasteiger charge is -2.32. The number of amides is 1. The summed E-state index contributed by atoms with van der Waals surface area (Å²) >= 11 is 0. The molecule has 1 aliphatic rings. The average molecular weight is 349 g/mol. The quantitative estimate of drug-likeness (QED) is 0.919. The summed E-state index contributed by atoms with van der Waals surface area (Å²) in [5.41, 5.74) is 0.303. The fourth-order valence-electron chi connectivity index (χ4n) is 2.97. The first kappa shape index (κ1) is 17.1. The fraction of sp³-hybridized carbons (Fsp3) is 0.353. The van der Waals surface area contributed by atoms with E-state index in [1.54, 1.807) is 9.58 Å². The second-order valence-corrected chi connectivity index (χ2v) is 6.04. The molecule has 0 spiro atoms. The molecule has 0 bridgehead atoms. The van der Waals surface area contributed by atoms with Gasteiger partial charge in [0.15, 0.2) is 0 Å². The van der Waals surface area contributed by atoms with Crippen LogP contribution in [0.15, 0.2) is 30.6 Å². The van der Waals surface area contributed by atoms with Crippen LogP contribution in [-0.4, -0.2) is 44.8 Å². The van der Waals surface area contributed by atoms with Gasteiger partial charge in [-0.15, -0.1) is 0 Å². The van der Waals surface area contributed by atoms with Crippen LogP contribution in [0.5, 0.6) is 0 Å². The predicted molar refractivity (Wildman–Crippen MR) is 84.1 cm³/mol. The first-order chi connectivity index (χ1) is 11.9. The molecule has 1 amide bonds. The van der Waals surface area contributed by atoms with Crippen LogP contribution in [-0.2, 0) is 11.2 Å². The van der Waals surface area contributed by atoms with Crippen molar-refractivity contribution in [2.24, 2.45) is 0 Å². The van der Waals surface area contributed by atoms with Crippen LogP contribution < -0.4 is 0 Å². The highest BCUT2D eigenvalue weighted by molar-refractivity contribution is 5.86. The minimum Gasteiger partial charge on any atom is -0.478 e. The molecule has 25 heavy (non-hydrogen) atoms. The van der Waals surface area contributed by atoms with Crippen LogP contribution in [0.2, 0.25) is 0 Å². The van der Waals surface area contributed by atoms with E-state index in [1.807, 2.05) is 0 Å². The number of piperidine rings is 1. The van der Waals surface area contributed by atoms with E-state index in [9.17, 15) is 18.4 Å². The Morgan fingerprint density at radius 3 is 2.56 bits per heavy atom. The number of nitrogens with zero attached hydrogens (tertiary/aromatic N) is 3. The molecular formula is C17H17F2N3O3. The highest BCUT2D eigenvalue weighted by Crippen LogP contribution is 2.23. The van der Waals surface area contributed by atoms with Crippen molar-refractivity contribution in [3.63, 3.8) is 0 Å². The van der Waals surface area contributed by atoms with Crippen LogP contribution in [0.4, 0.5) is 8.78 Å². The second kappa shape index (κ2) is 7.00. The minimum atomic E-state index is -1.03. The van der Waals surface area contributed by atoms with E-state index in [2.05, 4.69) is 5.10 Å². The Kier molecular flexibility index (Phi) is 4.78. The summed E-state index contributed by atoms with van der Waals surface area (Å²) in [7, 11) is 0. The molecule has 0 aliphatic carbocycles. The number of hydrogen-bond acceptors (Lipinski definition) is 3. The van der Waals surface area contributed by atoms with E-state index in [0.717, 1.165) is 12.1 Å². The van der Waals surface area contributed by atoms with Crippen molar-refractivity contribution in [3.8, 4) is 0 Å². The normalized spacial score (nSPS) is 15.4. The topological polar surface area (TPSA) is 75.4 Å². The Balaban J connectivity index is 1.57. The first-order valence-corrected chi connectivity index (χ1v) is 7.93. The summed E-state index contributed by atoms with van der Waals surface area (Å²) in [5.74, 6) is -2.63. The average Bonchev–Trinajstić information content (AvgIpc) is 3.08. The molecule has 1 aliphatic heterocycles. The zero-order chi connectivity index (χ0) is 18.0. The number of halogens is 2. The lowest BCUT2D eigenvalue weighted by atomic mass is 10.0. The molecule has 1 fully saturated rings. The number of aromatic nitrogens is 2. The molecule has 1 N–H and O–H groups in total. The first-order valence-electron chi connectivity index (χ1n) is 7.93. The van der Waals surface area contributed by atoms with Gasteiger partial charge >= 0.3 is 5.97 Å². The molecule has 0 radical (unpaired) electrons. The van der Waals surface area contributed by atoms with Crippen molar-refractivity contribution in [1.82, 2.24) is 14.7 Å². The zero-order valence-corrected chi connectivity index (χ0v) is 13.4. The van der Waals surface area contributed by atoms with E-state index >= 15 is 0 Å². The third-order valence-electron chi connectivity index (χ3n) is 4.40. The van der Waals surface area contributed by atoms with Crippen LogP contribution in [0.25, 0.3) is 0 Å². The van der Waals surface area contributed by atoms with Gasteiger partial charge in [0.25, 0.3) is 0 Å². The highest BCUT2D eigenvalue weighted by atomic mass is 19.1. The standard InChI is InChI=1S/C17H17F2N3O3/c18-13-2-1-11(15(19)8-13)7-16(23)21-5-3-14(4-6-21)22-10-12(9-20-22)17(24)25/h1-2,8-10,14H,3-7H2,(H,24,25). The van der Waals surface area contributed by atoms with Gasteiger partial charge in [-0.05, 0) is 24.5 Å². The summed E-state index contributed by atoms with van der Waals surface area (Å²) in [6.45, 7) is 0.961. The molecule has 0 atom stereocenters. The van der Waals surface area contributed by atoms with Gasteiger partial charge in [0.05, 0.1) is 24.2 Å². The molecule has 2 heterocycles. The van der Waals surface area contributed by atoms with Crippen molar-refractivity contribution in [2.45, 2.75) is 25.3 Å². The maximum Gasteiger partial charge on any atom is 0.338 e. The van der Waals surface area contributed by atoms with Crippen LogP contribution in [0.1, 0.15) is 34.8 Å². The van der Waals surface area contributed by atoms with E-state index in [1.165, 1.54) is 18.5 Å². The molecule has 0 unspecified atom stereocenters. The van der Waals surface area contributed by atoms with E-state index < -0.39 is 17.6 Å². The molecule has 8 heteroatoms. The van der Waals surface area contributed by atoms with E-state index in [-0.39, 0.29) is 29.5 Å².